The van der Waals surface area contributed by atoms with Crippen LogP contribution in [0.25, 0.3) is 5.76 Å². The van der Waals surface area contributed by atoms with Crippen molar-refractivity contribution in [2.75, 3.05) is 46.5 Å². The van der Waals surface area contributed by atoms with E-state index in [4.69, 9.17) is 9.47 Å². The van der Waals surface area contributed by atoms with Crippen molar-refractivity contribution in [2.24, 2.45) is 0 Å². The van der Waals surface area contributed by atoms with Gasteiger partial charge in [-0.3, -0.25) is 19.5 Å². The molecule has 2 aliphatic rings. The molecule has 0 spiro atoms. The first-order valence-electron chi connectivity index (χ1n) is 10.7. The minimum atomic E-state index is -0.685. The number of benzene rings is 1. The van der Waals surface area contributed by atoms with Crippen LogP contribution in [0.2, 0.25) is 0 Å². The molecule has 1 aromatic carbocycles. The number of ketones is 1. The van der Waals surface area contributed by atoms with Crippen LogP contribution in [0.3, 0.4) is 0 Å². The van der Waals surface area contributed by atoms with Gasteiger partial charge in [-0.2, -0.15) is 0 Å². The third-order valence-electron chi connectivity index (χ3n) is 5.88. The molecule has 1 unspecified atom stereocenters. The van der Waals surface area contributed by atoms with Crippen molar-refractivity contribution >= 4 is 17.4 Å². The number of aliphatic hydroxyl groups is 1. The second-order valence-electron chi connectivity index (χ2n) is 7.81. The molecule has 0 bridgehead atoms. The molecule has 8 heteroatoms. The largest absolute Gasteiger partial charge is 0.507 e. The van der Waals surface area contributed by atoms with Crippen LogP contribution in [0, 0.1) is 0 Å². The molecule has 2 saturated heterocycles. The van der Waals surface area contributed by atoms with E-state index in [0.717, 1.165) is 19.6 Å². The predicted molar refractivity (Wildman–Crippen MR) is 118 cm³/mol. The van der Waals surface area contributed by atoms with Crippen LogP contribution in [0.4, 0.5) is 0 Å². The van der Waals surface area contributed by atoms with E-state index in [9.17, 15) is 14.7 Å². The number of morpholine rings is 1. The first-order chi connectivity index (χ1) is 15.6. The van der Waals surface area contributed by atoms with Crippen LogP contribution in [0.5, 0.6) is 5.75 Å². The number of carbonyl (C=O) groups excluding carboxylic acids is 2. The highest BCUT2D eigenvalue weighted by Crippen LogP contribution is 2.39. The van der Waals surface area contributed by atoms with Gasteiger partial charge in [0.1, 0.15) is 11.5 Å². The molecular formula is C24H27N3O5. The van der Waals surface area contributed by atoms with Gasteiger partial charge in [0, 0.05) is 44.1 Å². The topological polar surface area (TPSA) is 92.2 Å². The van der Waals surface area contributed by atoms with Crippen LogP contribution in [-0.2, 0) is 14.3 Å². The number of Topliss-reactive ketones (excluding diaryl/α,β-unsaturated/α-hetero) is 1. The number of carbonyl (C=O) groups is 2. The molecule has 2 aromatic rings. The molecule has 1 atom stereocenters. The number of hydrogen-bond donors (Lipinski definition) is 1. The highest BCUT2D eigenvalue weighted by molar-refractivity contribution is 6.46. The fraction of sp³-hybridized carbons (Fsp3) is 0.375. The molecule has 1 N–H and O–H groups in total. The Morgan fingerprint density at radius 1 is 1.16 bits per heavy atom. The molecule has 2 aliphatic heterocycles. The molecule has 1 amide bonds. The van der Waals surface area contributed by atoms with E-state index in [1.807, 2.05) is 6.07 Å². The summed E-state index contributed by atoms with van der Waals surface area (Å²) in [5.41, 5.74) is 1.22. The molecule has 2 fully saturated rings. The van der Waals surface area contributed by atoms with E-state index in [1.54, 1.807) is 54.7 Å². The summed E-state index contributed by atoms with van der Waals surface area (Å²) in [4.78, 5) is 34.0. The maximum Gasteiger partial charge on any atom is 0.295 e. The first kappa shape index (κ1) is 22.0. The van der Waals surface area contributed by atoms with E-state index in [2.05, 4.69) is 9.88 Å². The quantitative estimate of drug-likeness (QED) is 0.403. The lowest BCUT2D eigenvalue weighted by Gasteiger charge is -2.29. The van der Waals surface area contributed by atoms with E-state index in [1.165, 1.54) is 0 Å². The number of ether oxygens (including phenoxy) is 2. The Labute approximate surface area is 187 Å². The number of likely N-dealkylation sites (tertiary alicyclic amines) is 1. The van der Waals surface area contributed by atoms with E-state index in [0.29, 0.717) is 43.1 Å². The van der Waals surface area contributed by atoms with Crippen molar-refractivity contribution in [3.05, 3.63) is 65.5 Å². The zero-order chi connectivity index (χ0) is 22.5. The van der Waals surface area contributed by atoms with E-state index in [-0.39, 0.29) is 11.3 Å². The molecule has 32 heavy (non-hydrogen) atoms. The molecule has 0 aliphatic carbocycles. The number of methoxy groups -OCH3 is 1. The fourth-order valence-electron chi connectivity index (χ4n) is 4.19. The number of aromatic nitrogens is 1. The van der Waals surface area contributed by atoms with Crippen molar-refractivity contribution < 1.29 is 24.2 Å². The van der Waals surface area contributed by atoms with Gasteiger partial charge >= 0.3 is 0 Å². The smallest absolute Gasteiger partial charge is 0.295 e. The Kier molecular flexibility index (Phi) is 6.82. The van der Waals surface area contributed by atoms with Gasteiger partial charge < -0.3 is 19.5 Å². The van der Waals surface area contributed by atoms with Crippen molar-refractivity contribution in [1.29, 1.82) is 0 Å². The maximum absolute atomic E-state index is 13.0. The minimum Gasteiger partial charge on any atom is -0.507 e. The molecule has 168 valence electrons. The lowest BCUT2D eigenvalue weighted by atomic mass is 9.96. The minimum absolute atomic E-state index is 0.0829. The molecular weight excluding hydrogens is 410 g/mol. The SMILES string of the molecule is COc1ccc(/C(O)=C2/C(=O)C(=O)N(CCCN3CCOCC3)C2c2cccnc2)cc1. The van der Waals surface area contributed by atoms with Crippen molar-refractivity contribution in [3.8, 4) is 5.75 Å². The van der Waals surface area contributed by atoms with Crippen LogP contribution >= 0.6 is 0 Å². The predicted octanol–water partition coefficient (Wildman–Crippen LogP) is 2.23. The third-order valence-corrected chi connectivity index (χ3v) is 5.88. The number of aliphatic hydroxyl groups excluding tert-OH is 1. The summed E-state index contributed by atoms with van der Waals surface area (Å²) in [6.07, 6.45) is 3.98. The summed E-state index contributed by atoms with van der Waals surface area (Å²) in [5, 5.41) is 11.0. The summed E-state index contributed by atoms with van der Waals surface area (Å²) >= 11 is 0. The number of amides is 1. The Morgan fingerprint density at radius 2 is 1.91 bits per heavy atom. The van der Waals surface area contributed by atoms with Gasteiger partial charge in [-0.05, 0) is 42.3 Å². The van der Waals surface area contributed by atoms with Gasteiger partial charge in [-0.1, -0.05) is 6.07 Å². The maximum atomic E-state index is 13.0. The highest BCUT2D eigenvalue weighted by atomic mass is 16.5. The summed E-state index contributed by atoms with van der Waals surface area (Å²) < 4.78 is 10.6. The van der Waals surface area contributed by atoms with Gasteiger partial charge in [0.05, 0.1) is 31.9 Å². The van der Waals surface area contributed by atoms with E-state index >= 15 is 0 Å². The van der Waals surface area contributed by atoms with E-state index < -0.39 is 17.7 Å². The van der Waals surface area contributed by atoms with Gasteiger partial charge in [0.25, 0.3) is 11.7 Å². The second kappa shape index (κ2) is 9.93. The Balaban J connectivity index is 1.64. The van der Waals surface area contributed by atoms with Crippen LogP contribution in [0.1, 0.15) is 23.6 Å². The Hall–Kier alpha value is -3.23. The molecule has 4 rings (SSSR count). The van der Waals surface area contributed by atoms with Gasteiger partial charge in [0.2, 0.25) is 0 Å². The number of nitrogens with zero attached hydrogens (tertiary/aromatic N) is 3. The monoisotopic (exact) mass is 437 g/mol. The zero-order valence-electron chi connectivity index (χ0n) is 18.1. The molecule has 0 radical (unpaired) electrons. The average Bonchev–Trinajstić information content (AvgIpc) is 3.10. The lowest BCUT2D eigenvalue weighted by Crippen LogP contribution is -2.39. The highest BCUT2D eigenvalue weighted by Gasteiger charge is 2.45. The zero-order valence-corrected chi connectivity index (χ0v) is 18.1. The van der Waals surface area contributed by atoms with Crippen molar-refractivity contribution in [2.45, 2.75) is 12.5 Å². The summed E-state index contributed by atoms with van der Waals surface area (Å²) in [6, 6.07) is 9.63. The third kappa shape index (κ3) is 4.51. The standard InChI is InChI=1S/C24H27N3O5/c1-31-19-7-5-17(6-8-19)22(28)20-21(18-4-2-9-25-16-18)27(24(30)23(20)29)11-3-10-26-12-14-32-15-13-26/h2,4-9,16,21,28H,3,10-15H2,1H3/b22-20-. The van der Waals surface area contributed by atoms with Crippen LogP contribution < -0.4 is 4.74 Å². The molecule has 8 nitrogen and oxygen atoms in total. The normalized spacial score (nSPS) is 21.2. The molecule has 0 saturated carbocycles. The number of hydrogen-bond acceptors (Lipinski definition) is 7. The Morgan fingerprint density at radius 3 is 2.56 bits per heavy atom. The molecule has 3 heterocycles. The van der Waals surface area contributed by atoms with Gasteiger partial charge in [-0.15, -0.1) is 0 Å². The van der Waals surface area contributed by atoms with Crippen LogP contribution in [-0.4, -0.2) is 78.1 Å². The fourth-order valence-corrected chi connectivity index (χ4v) is 4.19. The summed E-state index contributed by atoms with van der Waals surface area (Å²) in [6.45, 7) is 4.36. The second-order valence-corrected chi connectivity index (χ2v) is 7.81. The van der Waals surface area contributed by atoms with Crippen molar-refractivity contribution in [1.82, 2.24) is 14.8 Å². The number of pyridine rings is 1. The average molecular weight is 437 g/mol. The van der Waals surface area contributed by atoms with Crippen LogP contribution in [0.15, 0.2) is 54.4 Å². The summed E-state index contributed by atoms with van der Waals surface area (Å²) in [7, 11) is 1.56. The number of rotatable bonds is 7. The van der Waals surface area contributed by atoms with Gasteiger partial charge in [-0.25, -0.2) is 0 Å². The van der Waals surface area contributed by atoms with Crippen molar-refractivity contribution in [3.63, 3.8) is 0 Å². The van der Waals surface area contributed by atoms with Gasteiger partial charge in [0.15, 0.2) is 0 Å². The first-order valence-corrected chi connectivity index (χ1v) is 10.7. The molecule has 1 aromatic heterocycles. The summed E-state index contributed by atoms with van der Waals surface area (Å²) in [5.74, 6) is -0.848. The Bertz CT molecular complexity index is 984. The lowest BCUT2D eigenvalue weighted by molar-refractivity contribution is -0.140.